The van der Waals surface area contributed by atoms with Crippen LogP contribution in [-0.2, 0) is 6.42 Å². The lowest BCUT2D eigenvalue weighted by Crippen LogP contribution is -2.05. The van der Waals surface area contributed by atoms with Gasteiger partial charge in [0.1, 0.15) is 5.92 Å². The predicted molar refractivity (Wildman–Crippen MR) is 62.7 cm³/mol. The summed E-state index contributed by atoms with van der Waals surface area (Å²) in [7, 11) is 0. The van der Waals surface area contributed by atoms with Gasteiger partial charge in [0.25, 0.3) is 0 Å². The molecule has 1 aromatic heterocycles. The van der Waals surface area contributed by atoms with E-state index in [-0.39, 0.29) is 0 Å². The second-order valence-corrected chi connectivity index (χ2v) is 3.76. The number of rotatable bonds is 2. The maximum atomic E-state index is 8.77. The van der Waals surface area contributed by atoms with E-state index in [0.29, 0.717) is 6.42 Å². The van der Waals surface area contributed by atoms with E-state index in [0.717, 1.165) is 22.4 Å². The fourth-order valence-corrected chi connectivity index (χ4v) is 1.63. The second-order valence-electron chi connectivity index (χ2n) is 3.76. The van der Waals surface area contributed by atoms with Gasteiger partial charge in [0.05, 0.1) is 34.6 Å². The van der Waals surface area contributed by atoms with Gasteiger partial charge in [-0.3, -0.25) is 0 Å². The van der Waals surface area contributed by atoms with E-state index in [1.165, 1.54) is 0 Å². The summed E-state index contributed by atoms with van der Waals surface area (Å²) in [6, 6.07) is 11.5. The molecule has 17 heavy (non-hydrogen) atoms. The van der Waals surface area contributed by atoms with Gasteiger partial charge in [0.2, 0.25) is 0 Å². The summed E-state index contributed by atoms with van der Waals surface area (Å²) in [4.78, 5) is 8.86. The summed E-state index contributed by atoms with van der Waals surface area (Å²) < 4.78 is 0. The summed E-state index contributed by atoms with van der Waals surface area (Å²) in [5.74, 6) is -0.663. The fourth-order valence-electron chi connectivity index (χ4n) is 1.63. The smallest absolute Gasteiger partial charge is 0.138 e. The summed E-state index contributed by atoms with van der Waals surface area (Å²) in [6.07, 6.45) is 0.330. The van der Waals surface area contributed by atoms with Crippen molar-refractivity contribution in [2.45, 2.75) is 13.3 Å². The minimum atomic E-state index is -0.663. The van der Waals surface area contributed by atoms with Gasteiger partial charge in [-0.05, 0) is 19.1 Å². The highest BCUT2D eigenvalue weighted by Gasteiger charge is 2.12. The first-order chi connectivity index (χ1) is 8.24. The van der Waals surface area contributed by atoms with Gasteiger partial charge in [-0.2, -0.15) is 10.5 Å². The molecular weight excluding hydrogens is 212 g/mol. The highest BCUT2D eigenvalue weighted by Crippen LogP contribution is 2.14. The average molecular weight is 222 g/mol. The molecule has 1 aromatic carbocycles. The normalized spacial score (nSPS) is 10.1. The minimum absolute atomic E-state index is 0.330. The SMILES string of the molecule is Cc1nc2ccccc2nc1CC(C#N)C#N. The maximum Gasteiger partial charge on any atom is 0.138 e. The molecule has 0 radical (unpaired) electrons. The van der Waals surface area contributed by atoms with Gasteiger partial charge < -0.3 is 0 Å². The predicted octanol–water partition coefficient (Wildman–Crippen LogP) is 2.14. The zero-order chi connectivity index (χ0) is 12.3. The van der Waals surface area contributed by atoms with E-state index in [4.69, 9.17) is 10.5 Å². The lowest BCUT2D eigenvalue weighted by molar-refractivity contribution is 0.796. The molecule has 0 amide bonds. The molecule has 0 N–H and O–H groups in total. The van der Waals surface area contributed by atoms with Crippen LogP contribution in [-0.4, -0.2) is 9.97 Å². The average Bonchev–Trinajstić information content (AvgIpc) is 2.36. The van der Waals surface area contributed by atoms with Crippen LogP contribution in [0.1, 0.15) is 11.4 Å². The van der Waals surface area contributed by atoms with E-state index in [9.17, 15) is 0 Å². The quantitative estimate of drug-likeness (QED) is 0.780. The Hall–Kier alpha value is -2.46. The molecule has 1 heterocycles. The van der Waals surface area contributed by atoms with E-state index in [1.54, 1.807) is 0 Å². The number of hydrogen-bond donors (Lipinski definition) is 0. The Morgan fingerprint density at radius 3 is 2.29 bits per heavy atom. The molecule has 2 aromatic rings. The third kappa shape index (κ3) is 2.21. The zero-order valence-electron chi connectivity index (χ0n) is 9.38. The van der Waals surface area contributed by atoms with E-state index < -0.39 is 5.92 Å². The molecule has 4 nitrogen and oxygen atoms in total. The Kier molecular flexibility index (Phi) is 2.98. The van der Waals surface area contributed by atoms with Crippen LogP contribution in [0.4, 0.5) is 0 Å². The van der Waals surface area contributed by atoms with Crippen molar-refractivity contribution in [1.29, 1.82) is 10.5 Å². The van der Waals surface area contributed by atoms with Crippen LogP contribution in [0, 0.1) is 35.5 Å². The van der Waals surface area contributed by atoms with Crippen molar-refractivity contribution in [3.63, 3.8) is 0 Å². The molecule has 0 atom stereocenters. The van der Waals surface area contributed by atoms with Crippen LogP contribution in [0.2, 0.25) is 0 Å². The number of fused-ring (bicyclic) bond motifs is 1. The van der Waals surface area contributed by atoms with Crippen molar-refractivity contribution in [3.8, 4) is 12.1 Å². The molecule has 0 aliphatic rings. The molecule has 82 valence electrons. The standard InChI is InChI=1S/C13H10N4/c1-9-13(6-10(7-14)8-15)17-12-5-3-2-4-11(12)16-9/h2-5,10H,6H2,1H3. The van der Waals surface area contributed by atoms with Crippen molar-refractivity contribution >= 4 is 11.0 Å². The van der Waals surface area contributed by atoms with Crippen molar-refractivity contribution in [1.82, 2.24) is 9.97 Å². The molecule has 4 heteroatoms. The van der Waals surface area contributed by atoms with Crippen LogP contribution >= 0.6 is 0 Å². The monoisotopic (exact) mass is 222 g/mol. The third-order valence-electron chi connectivity index (χ3n) is 2.55. The Morgan fingerprint density at radius 1 is 1.12 bits per heavy atom. The number of benzene rings is 1. The van der Waals surface area contributed by atoms with E-state index in [2.05, 4.69) is 9.97 Å². The van der Waals surface area contributed by atoms with E-state index in [1.807, 2.05) is 43.3 Å². The highest BCUT2D eigenvalue weighted by atomic mass is 14.8. The Morgan fingerprint density at radius 2 is 1.71 bits per heavy atom. The first-order valence-corrected chi connectivity index (χ1v) is 5.26. The molecule has 0 saturated carbocycles. The Bertz CT molecular complexity index is 620. The molecule has 0 bridgehead atoms. The number of aryl methyl sites for hydroxylation is 1. The molecule has 0 fully saturated rings. The van der Waals surface area contributed by atoms with Gasteiger partial charge in [-0.15, -0.1) is 0 Å². The summed E-state index contributed by atoms with van der Waals surface area (Å²) >= 11 is 0. The lowest BCUT2D eigenvalue weighted by atomic mass is 10.1. The van der Waals surface area contributed by atoms with Gasteiger partial charge in [0, 0.05) is 6.42 Å². The number of aromatic nitrogens is 2. The first-order valence-electron chi connectivity index (χ1n) is 5.26. The molecular formula is C13H10N4. The molecule has 0 saturated heterocycles. The third-order valence-corrected chi connectivity index (χ3v) is 2.55. The van der Waals surface area contributed by atoms with Crippen LogP contribution in [0.3, 0.4) is 0 Å². The molecule has 0 aliphatic carbocycles. The number of nitriles is 2. The largest absolute Gasteiger partial charge is 0.250 e. The fraction of sp³-hybridized carbons (Fsp3) is 0.231. The van der Waals surface area contributed by atoms with Crippen molar-refractivity contribution in [3.05, 3.63) is 35.7 Å². The van der Waals surface area contributed by atoms with Gasteiger partial charge in [0.15, 0.2) is 0 Å². The van der Waals surface area contributed by atoms with Gasteiger partial charge >= 0.3 is 0 Å². The number of nitrogens with zero attached hydrogens (tertiary/aromatic N) is 4. The van der Waals surface area contributed by atoms with Crippen LogP contribution < -0.4 is 0 Å². The second kappa shape index (κ2) is 4.59. The summed E-state index contributed by atoms with van der Waals surface area (Å²) in [5, 5.41) is 17.5. The highest BCUT2D eigenvalue weighted by molar-refractivity contribution is 5.74. The van der Waals surface area contributed by atoms with Crippen molar-refractivity contribution < 1.29 is 0 Å². The number of para-hydroxylation sites is 2. The molecule has 0 aliphatic heterocycles. The van der Waals surface area contributed by atoms with Crippen LogP contribution in [0.15, 0.2) is 24.3 Å². The van der Waals surface area contributed by atoms with Crippen LogP contribution in [0.5, 0.6) is 0 Å². The van der Waals surface area contributed by atoms with Crippen molar-refractivity contribution in [2.75, 3.05) is 0 Å². The van der Waals surface area contributed by atoms with Crippen molar-refractivity contribution in [2.24, 2.45) is 5.92 Å². The zero-order valence-corrected chi connectivity index (χ0v) is 9.38. The first kappa shape index (κ1) is 11.0. The minimum Gasteiger partial charge on any atom is -0.250 e. The van der Waals surface area contributed by atoms with Gasteiger partial charge in [-0.25, -0.2) is 9.97 Å². The summed E-state index contributed by atoms with van der Waals surface area (Å²) in [5.41, 5.74) is 3.12. The molecule has 2 rings (SSSR count). The topological polar surface area (TPSA) is 73.4 Å². The Labute approximate surface area is 99.2 Å². The maximum absolute atomic E-state index is 8.77. The number of hydrogen-bond acceptors (Lipinski definition) is 4. The summed E-state index contributed by atoms with van der Waals surface area (Å²) in [6.45, 7) is 1.85. The van der Waals surface area contributed by atoms with Crippen LogP contribution in [0.25, 0.3) is 11.0 Å². The lowest BCUT2D eigenvalue weighted by Gasteiger charge is -2.06. The molecule has 0 unspecified atom stereocenters. The molecule has 0 spiro atoms. The van der Waals surface area contributed by atoms with E-state index >= 15 is 0 Å². The Balaban J connectivity index is 2.45. The van der Waals surface area contributed by atoms with Gasteiger partial charge in [-0.1, -0.05) is 12.1 Å².